The van der Waals surface area contributed by atoms with Crippen molar-refractivity contribution in [2.45, 2.75) is 67.9 Å². The predicted molar refractivity (Wildman–Crippen MR) is 142 cm³/mol. The number of thiazole rings is 1. The van der Waals surface area contributed by atoms with Crippen molar-refractivity contribution in [1.29, 1.82) is 0 Å². The number of carbonyl (C=O) groups is 2. The highest BCUT2D eigenvalue weighted by molar-refractivity contribution is 7.13. The van der Waals surface area contributed by atoms with Gasteiger partial charge >= 0.3 is 0 Å². The highest BCUT2D eigenvalue weighted by Crippen LogP contribution is 2.25. The van der Waals surface area contributed by atoms with Gasteiger partial charge in [-0.3, -0.25) is 16.5 Å². The van der Waals surface area contributed by atoms with Gasteiger partial charge in [-0.15, -0.1) is 11.3 Å². The Balaban J connectivity index is 0. The van der Waals surface area contributed by atoms with E-state index in [1.165, 1.54) is 6.42 Å². The summed E-state index contributed by atoms with van der Waals surface area (Å²) >= 11 is 1.62. The minimum Gasteiger partial charge on any atom is -0.342 e. The fourth-order valence-corrected chi connectivity index (χ4v) is 3.81. The van der Waals surface area contributed by atoms with Crippen LogP contribution in [0, 0.1) is 18.3 Å². The summed E-state index contributed by atoms with van der Waals surface area (Å²) in [4.78, 5) is 35.6. The molecular formula is C24H45N7O2S. The molecule has 194 valence electrons. The first-order valence-electron chi connectivity index (χ1n) is 11.5. The highest BCUT2D eigenvalue weighted by atomic mass is 32.1. The number of hydrogen-bond acceptors (Lipinski definition) is 9. The van der Waals surface area contributed by atoms with Crippen LogP contribution in [0.15, 0.2) is 17.9 Å². The van der Waals surface area contributed by atoms with Crippen LogP contribution in [-0.4, -0.2) is 52.7 Å². The number of hydrogen-bond donors (Lipinski definition) is 3. The van der Waals surface area contributed by atoms with Crippen LogP contribution < -0.4 is 17.0 Å². The maximum Gasteiger partial charge on any atom is 0.223 e. The molecule has 0 radical (unpaired) electrons. The second-order valence-electron chi connectivity index (χ2n) is 8.66. The molecule has 2 aromatic heterocycles. The van der Waals surface area contributed by atoms with E-state index in [1.807, 2.05) is 57.4 Å². The molecule has 0 saturated carbocycles. The van der Waals surface area contributed by atoms with Gasteiger partial charge in [-0.1, -0.05) is 41.5 Å². The van der Waals surface area contributed by atoms with Gasteiger partial charge in [-0.05, 0) is 31.7 Å². The maximum absolute atomic E-state index is 11.7. The summed E-state index contributed by atoms with van der Waals surface area (Å²) in [5.41, 5.74) is 4.04. The molecule has 3 heterocycles. The van der Waals surface area contributed by atoms with Crippen molar-refractivity contribution in [2.24, 2.45) is 23.0 Å². The van der Waals surface area contributed by atoms with Gasteiger partial charge in [0, 0.05) is 37.5 Å². The predicted octanol–water partition coefficient (Wildman–Crippen LogP) is 3.58. The number of amides is 1. The second-order valence-corrected chi connectivity index (χ2v) is 9.51. The third-order valence-corrected chi connectivity index (χ3v) is 5.48. The molecule has 34 heavy (non-hydrogen) atoms. The van der Waals surface area contributed by atoms with Crippen molar-refractivity contribution in [3.8, 4) is 10.4 Å². The standard InChI is InChI=1S/C11H21NO.C10H12N4S.C2H6.CH2O.H4N2/c1-9-5-6-12(8-9)10(13)7-11(2,3)4;1-7-10(15-6-14-7)8-3-12-9(5-11-2)13-4-8;3*1-2/h9H,5-8H2,1-4H3;3-4,6,11H,5H2,1-2H3;1-2H3;1H2;1-2H2. The van der Waals surface area contributed by atoms with Crippen molar-refractivity contribution < 1.29 is 9.59 Å². The van der Waals surface area contributed by atoms with Crippen molar-refractivity contribution in [3.63, 3.8) is 0 Å². The van der Waals surface area contributed by atoms with Crippen molar-refractivity contribution in [2.75, 3.05) is 20.1 Å². The Labute approximate surface area is 209 Å². The van der Waals surface area contributed by atoms with Gasteiger partial charge in [-0.25, -0.2) is 15.0 Å². The summed E-state index contributed by atoms with van der Waals surface area (Å²) in [6.45, 7) is 19.2. The molecule has 1 atom stereocenters. The van der Waals surface area contributed by atoms with E-state index in [9.17, 15) is 4.79 Å². The van der Waals surface area contributed by atoms with Crippen LogP contribution in [0.4, 0.5) is 0 Å². The molecule has 1 aliphatic rings. The van der Waals surface area contributed by atoms with Crippen LogP contribution in [0.2, 0.25) is 0 Å². The molecule has 1 aliphatic heterocycles. The molecule has 1 amide bonds. The highest BCUT2D eigenvalue weighted by Gasteiger charge is 2.26. The minimum absolute atomic E-state index is 0.128. The number of aromatic nitrogens is 3. The number of likely N-dealkylation sites (tertiary alicyclic amines) is 1. The molecule has 1 unspecified atom stereocenters. The number of hydrazine groups is 1. The number of nitrogens with zero attached hydrogens (tertiary/aromatic N) is 4. The van der Waals surface area contributed by atoms with Crippen LogP contribution in [0.5, 0.6) is 0 Å². The van der Waals surface area contributed by atoms with E-state index in [2.05, 4.69) is 59.6 Å². The zero-order valence-corrected chi connectivity index (χ0v) is 23.0. The molecule has 1 saturated heterocycles. The van der Waals surface area contributed by atoms with E-state index in [-0.39, 0.29) is 5.41 Å². The molecule has 0 aromatic carbocycles. The van der Waals surface area contributed by atoms with Crippen LogP contribution in [0.3, 0.4) is 0 Å². The van der Waals surface area contributed by atoms with E-state index in [4.69, 9.17) is 4.79 Å². The molecule has 3 rings (SSSR count). The summed E-state index contributed by atoms with van der Waals surface area (Å²) in [5, 5.41) is 3.01. The van der Waals surface area contributed by atoms with Gasteiger partial charge in [0.25, 0.3) is 0 Å². The maximum atomic E-state index is 11.7. The average molecular weight is 496 g/mol. The molecule has 0 spiro atoms. The molecule has 0 aliphatic carbocycles. The summed E-state index contributed by atoms with van der Waals surface area (Å²) in [6.07, 6.45) is 5.55. The molecule has 9 nitrogen and oxygen atoms in total. The monoisotopic (exact) mass is 495 g/mol. The Kier molecular flexibility index (Phi) is 19.0. The summed E-state index contributed by atoms with van der Waals surface area (Å²) in [6, 6.07) is 0. The molecule has 10 heteroatoms. The average Bonchev–Trinajstić information content (AvgIpc) is 3.46. The number of nitrogens with two attached hydrogens (primary N) is 2. The van der Waals surface area contributed by atoms with Crippen LogP contribution in [0.1, 0.15) is 65.9 Å². The SMILES string of the molecule is C=O.CC.CC1CCN(C(=O)CC(C)(C)C)C1.CNCc1ncc(-c2scnc2C)cn1.NN. The number of carbonyl (C=O) groups excluding carboxylic acids is 2. The second kappa shape index (κ2) is 19.1. The Morgan fingerprint density at radius 3 is 2.15 bits per heavy atom. The molecule has 2 aromatic rings. The van der Waals surface area contributed by atoms with Gasteiger partial charge in [-0.2, -0.15) is 0 Å². The molecular weight excluding hydrogens is 450 g/mol. The normalized spacial score (nSPS) is 14.2. The minimum atomic E-state index is 0.128. The van der Waals surface area contributed by atoms with Crippen molar-refractivity contribution in [3.05, 3.63) is 29.4 Å². The van der Waals surface area contributed by atoms with E-state index >= 15 is 0 Å². The fraction of sp³-hybridized carbons (Fsp3) is 0.625. The number of nitrogens with one attached hydrogen (secondary N) is 1. The van der Waals surface area contributed by atoms with Crippen LogP contribution in [-0.2, 0) is 16.1 Å². The largest absolute Gasteiger partial charge is 0.342 e. The first kappa shape index (κ1) is 33.9. The number of aryl methyl sites for hydroxylation is 1. The molecule has 1 fully saturated rings. The van der Waals surface area contributed by atoms with Gasteiger partial charge in [0.15, 0.2) is 0 Å². The first-order valence-corrected chi connectivity index (χ1v) is 12.3. The Bertz CT molecular complexity index is 776. The van der Waals surface area contributed by atoms with Gasteiger partial charge in [0.2, 0.25) is 5.91 Å². The topological polar surface area (TPSA) is 140 Å². The lowest BCUT2D eigenvalue weighted by Gasteiger charge is -2.22. The lowest BCUT2D eigenvalue weighted by molar-refractivity contribution is -0.132. The van der Waals surface area contributed by atoms with Crippen LogP contribution in [0.25, 0.3) is 10.4 Å². The van der Waals surface area contributed by atoms with Crippen LogP contribution >= 0.6 is 11.3 Å². The van der Waals surface area contributed by atoms with E-state index in [0.29, 0.717) is 24.8 Å². The summed E-state index contributed by atoms with van der Waals surface area (Å²) in [7, 11) is 1.88. The summed E-state index contributed by atoms with van der Waals surface area (Å²) in [5.74, 6) is 9.84. The Morgan fingerprint density at radius 1 is 1.21 bits per heavy atom. The van der Waals surface area contributed by atoms with Gasteiger partial charge in [0.1, 0.15) is 12.6 Å². The van der Waals surface area contributed by atoms with E-state index in [1.54, 1.807) is 11.3 Å². The van der Waals surface area contributed by atoms with E-state index < -0.39 is 0 Å². The quantitative estimate of drug-likeness (QED) is 0.432. The first-order chi connectivity index (χ1) is 16.2. The Hall–Kier alpha value is -2.27. The van der Waals surface area contributed by atoms with Gasteiger partial charge in [0.05, 0.1) is 22.6 Å². The zero-order valence-electron chi connectivity index (χ0n) is 22.2. The summed E-state index contributed by atoms with van der Waals surface area (Å²) < 4.78 is 0. The van der Waals surface area contributed by atoms with E-state index in [0.717, 1.165) is 35.0 Å². The zero-order chi connectivity index (χ0) is 26.7. The Morgan fingerprint density at radius 2 is 1.76 bits per heavy atom. The third-order valence-electron chi connectivity index (χ3n) is 4.51. The molecule has 5 N–H and O–H groups in total. The fourth-order valence-electron chi connectivity index (χ4n) is 3.03. The lowest BCUT2D eigenvalue weighted by atomic mass is 9.92. The molecule has 0 bridgehead atoms. The third kappa shape index (κ3) is 13.4. The lowest BCUT2D eigenvalue weighted by Crippen LogP contribution is -2.31. The smallest absolute Gasteiger partial charge is 0.223 e. The van der Waals surface area contributed by atoms with Crippen molar-refractivity contribution >= 4 is 24.0 Å². The number of rotatable bonds is 4. The van der Waals surface area contributed by atoms with Crippen molar-refractivity contribution in [1.82, 2.24) is 25.2 Å². The van der Waals surface area contributed by atoms with Gasteiger partial charge < -0.3 is 15.0 Å².